The molecule has 2 N–H and O–H groups in total. The molecule has 0 aromatic carbocycles. The van der Waals surface area contributed by atoms with E-state index in [0.29, 0.717) is 24.0 Å². The van der Waals surface area contributed by atoms with E-state index in [4.69, 9.17) is 22.7 Å². The Bertz CT molecular complexity index is 382. The fraction of sp³-hybridized carbons (Fsp3) is 0.571. The van der Waals surface area contributed by atoms with Crippen LogP contribution in [0.25, 0.3) is 0 Å². The predicted octanol–water partition coefficient (Wildman–Crippen LogP) is 3.31. The van der Waals surface area contributed by atoms with Gasteiger partial charge in [0.25, 0.3) is 0 Å². The van der Waals surface area contributed by atoms with Crippen molar-refractivity contribution in [3.63, 3.8) is 0 Å². The summed E-state index contributed by atoms with van der Waals surface area (Å²) in [4.78, 5) is 4.44. The quantitative estimate of drug-likeness (QED) is 0.733. The van der Waals surface area contributed by atoms with Gasteiger partial charge in [-0.1, -0.05) is 45.3 Å². The lowest BCUT2D eigenvalue weighted by Crippen LogP contribution is -2.16. The number of nitrogens with zero attached hydrogens (tertiary/aromatic N) is 1. The lowest BCUT2D eigenvalue weighted by molar-refractivity contribution is 0.232. The summed E-state index contributed by atoms with van der Waals surface area (Å²) in [7, 11) is 0. The van der Waals surface area contributed by atoms with Gasteiger partial charge in [0.2, 0.25) is 0 Å². The summed E-state index contributed by atoms with van der Waals surface area (Å²) >= 11 is 4.96. The maximum absolute atomic E-state index is 5.82. The SMILES string of the molecule is CCCCC(CC)COc1cccnc1C(N)=S. The zero-order valence-corrected chi connectivity index (χ0v) is 12.0. The van der Waals surface area contributed by atoms with Crippen molar-refractivity contribution in [3.05, 3.63) is 24.0 Å². The summed E-state index contributed by atoms with van der Waals surface area (Å²) in [6.07, 6.45) is 6.48. The van der Waals surface area contributed by atoms with E-state index in [9.17, 15) is 0 Å². The van der Waals surface area contributed by atoms with E-state index in [2.05, 4.69) is 18.8 Å². The van der Waals surface area contributed by atoms with Gasteiger partial charge in [-0.15, -0.1) is 0 Å². The van der Waals surface area contributed by atoms with Crippen LogP contribution in [-0.2, 0) is 0 Å². The fourth-order valence-corrected chi connectivity index (χ4v) is 1.95. The monoisotopic (exact) mass is 266 g/mol. The Hall–Kier alpha value is -1.16. The second kappa shape index (κ2) is 8.03. The first-order valence-corrected chi connectivity index (χ1v) is 6.97. The molecule has 1 unspecified atom stereocenters. The number of hydrogen-bond donors (Lipinski definition) is 1. The smallest absolute Gasteiger partial charge is 0.147 e. The molecule has 1 heterocycles. The third kappa shape index (κ3) is 4.61. The molecule has 0 saturated heterocycles. The topological polar surface area (TPSA) is 48.1 Å². The highest BCUT2D eigenvalue weighted by Gasteiger charge is 2.11. The molecule has 3 nitrogen and oxygen atoms in total. The highest BCUT2D eigenvalue weighted by molar-refractivity contribution is 7.80. The van der Waals surface area contributed by atoms with Crippen molar-refractivity contribution in [1.82, 2.24) is 4.98 Å². The van der Waals surface area contributed by atoms with Crippen LogP contribution in [-0.4, -0.2) is 16.6 Å². The number of hydrogen-bond acceptors (Lipinski definition) is 3. The zero-order valence-electron chi connectivity index (χ0n) is 11.2. The molecule has 4 heteroatoms. The molecule has 0 amide bonds. The van der Waals surface area contributed by atoms with Crippen LogP contribution < -0.4 is 10.5 Å². The van der Waals surface area contributed by atoms with Gasteiger partial charge >= 0.3 is 0 Å². The molecule has 0 fully saturated rings. The second-order valence-electron chi connectivity index (χ2n) is 4.44. The number of unbranched alkanes of at least 4 members (excludes halogenated alkanes) is 1. The first-order chi connectivity index (χ1) is 8.69. The van der Waals surface area contributed by atoms with E-state index in [1.165, 1.54) is 19.3 Å². The Labute approximate surface area is 115 Å². The van der Waals surface area contributed by atoms with Crippen LogP contribution >= 0.6 is 12.2 Å². The van der Waals surface area contributed by atoms with E-state index < -0.39 is 0 Å². The summed E-state index contributed by atoms with van der Waals surface area (Å²) in [5.74, 6) is 1.28. The van der Waals surface area contributed by atoms with Crippen molar-refractivity contribution >= 4 is 17.2 Å². The molecule has 1 aromatic rings. The van der Waals surface area contributed by atoms with Crippen LogP contribution in [0, 0.1) is 5.92 Å². The van der Waals surface area contributed by atoms with Gasteiger partial charge in [-0.05, 0) is 24.5 Å². The van der Waals surface area contributed by atoms with Crippen LogP contribution in [0.15, 0.2) is 18.3 Å². The van der Waals surface area contributed by atoms with E-state index in [-0.39, 0.29) is 4.99 Å². The molecule has 1 atom stereocenters. The normalized spacial score (nSPS) is 12.1. The maximum atomic E-state index is 5.82. The molecule has 100 valence electrons. The summed E-state index contributed by atoms with van der Waals surface area (Å²) in [6, 6.07) is 3.71. The van der Waals surface area contributed by atoms with Crippen molar-refractivity contribution < 1.29 is 4.74 Å². The van der Waals surface area contributed by atoms with Crippen LogP contribution in [0.4, 0.5) is 0 Å². The van der Waals surface area contributed by atoms with Gasteiger partial charge in [0.05, 0.1) is 6.61 Å². The number of ether oxygens (including phenoxy) is 1. The molecular weight excluding hydrogens is 244 g/mol. The van der Waals surface area contributed by atoms with Gasteiger partial charge in [0.1, 0.15) is 16.4 Å². The maximum Gasteiger partial charge on any atom is 0.147 e. The second-order valence-corrected chi connectivity index (χ2v) is 4.88. The zero-order chi connectivity index (χ0) is 13.4. The summed E-state index contributed by atoms with van der Waals surface area (Å²) in [5.41, 5.74) is 6.20. The standard InChI is InChI=1S/C14H22N2OS/c1-3-5-7-11(4-2)10-17-12-8-6-9-16-13(12)14(15)18/h6,8-9,11H,3-5,7,10H2,1-2H3,(H2,15,18). The van der Waals surface area contributed by atoms with E-state index in [0.717, 1.165) is 6.42 Å². The van der Waals surface area contributed by atoms with Crippen molar-refractivity contribution in [2.24, 2.45) is 11.7 Å². The summed E-state index contributed by atoms with van der Waals surface area (Å²) in [6.45, 7) is 5.11. The number of nitrogens with two attached hydrogens (primary N) is 1. The Morgan fingerprint density at radius 2 is 2.28 bits per heavy atom. The highest BCUT2D eigenvalue weighted by atomic mass is 32.1. The van der Waals surface area contributed by atoms with Crippen molar-refractivity contribution in [2.45, 2.75) is 39.5 Å². The van der Waals surface area contributed by atoms with Gasteiger partial charge < -0.3 is 10.5 Å². The molecule has 1 rings (SSSR count). The lowest BCUT2D eigenvalue weighted by Gasteiger charge is -2.16. The average Bonchev–Trinajstić information content (AvgIpc) is 2.39. The Balaban J connectivity index is 2.59. The van der Waals surface area contributed by atoms with E-state index in [1.807, 2.05) is 12.1 Å². The molecule has 0 aliphatic rings. The van der Waals surface area contributed by atoms with Gasteiger partial charge in [-0.25, -0.2) is 4.98 Å². The fourth-order valence-electron chi connectivity index (χ4n) is 1.80. The van der Waals surface area contributed by atoms with Crippen molar-refractivity contribution in [2.75, 3.05) is 6.61 Å². The van der Waals surface area contributed by atoms with Crippen LogP contribution in [0.5, 0.6) is 5.75 Å². The minimum atomic E-state index is 0.284. The molecule has 0 bridgehead atoms. The molecular formula is C14H22N2OS. The molecule has 0 spiro atoms. The third-order valence-corrected chi connectivity index (χ3v) is 3.22. The summed E-state index contributed by atoms with van der Waals surface area (Å²) < 4.78 is 5.82. The van der Waals surface area contributed by atoms with Gasteiger partial charge in [-0.3, -0.25) is 0 Å². The molecule has 0 aliphatic carbocycles. The largest absolute Gasteiger partial charge is 0.491 e. The van der Waals surface area contributed by atoms with Crippen molar-refractivity contribution in [3.8, 4) is 5.75 Å². The van der Waals surface area contributed by atoms with Crippen molar-refractivity contribution in [1.29, 1.82) is 0 Å². The molecule has 0 aliphatic heterocycles. The minimum Gasteiger partial charge on any atom is -0.491 e. The number of aromatic nitrogens is 1. The Morgan fingerprint density at radius 1 is 1.50 bits per heavy atom. The number of pyridine rings is 1. The van der Waals surface area contributed by atoms with Crippen LogP contribution in [0.2, 0.25) is 0 Å². The molecule has 18 heavy (non-hydrogen) atoms. The van der Waals surface area contributed by atoms with E-state index in [1.54, 1.807) is 6.20 Å². The molecule has 1 aromatic heterocycles. The van der Waals surface area contributed by atoms with E-state index >= 15 is 0 Å². The summed E-state index contributed by atoms with van der Waals surface area (Å²) in [5, 5.41) is 0. The Kier molecular flexibility index (Phi) is 6.65. The highest BCUT2D eigenvalue weighted by Crippen LogP contribution is 2.19. The molecule has 0 saturated carbocycles. The lowest BCUT2D eigenvalue weighted by atomic mass is 10.0. The number of rotatable bonds is 8. The molecule has 0 radical (unpaired) electrons. The number of thiocarbonyl (C=S) groups is 1. The first kappa shape index (κ1) is 14.9. The predicted molar refractivity (Wildman–Crippen MR) is 78.9 cm³/mol. The first-order valence-electron chi connectivity index (χ1n) is 6.56. The average molecular weight is 266 g/mol. The Morgan fingerprint density at radius 3 is 2.89 bits per heavy atom. The minimum absolute atomic E-state index is 0.284. The van der Waals surface area contributed by atoms with Crippen LogP contribution in [0.1, 0.15) is 45.2 Å². The van der Waals surface area contributed by atoms with Gasteiger partial charge in [0.15, 0.2) is 0 Å². The van der Waals surface area contributed by atoms with Gasteiger partial charge in [-0.2, -0.15) is 0 Å². The third-order valence-electron chi connectivity index (χ3n) is 3.02. The van der Waals surface area contributed by atoms with Crippen LogP contribution in [0.3, 0.4) is 0 Å². The van der Waals surface area contributed by atoms with Gasteiger partial charge in [0, 0.05) is 6.20 Å².